The molecule has 1 aliphatic heterocycles. The average molecular weight is 372 g/mol. The van der Waals surface area contributed by atoms with Gasteiger partial charge in [0.25, 0.3) is 0 Å². The molecule has 4 aromatic rings. The number of para-hydroxylation sites is 1. The molecule has 0 saturated carbocycles. The molecule has 1 aliphatic rings. The fourth-order valence-electron chi connectivity index (χ4n) is 4.34. The van der Waals surface area contributed by atoms with Crippen molar-refractivity contribution in [3.63, 3.8) is 0 Å². The van der Waals surface area contributed by atoms with Crippen LogP contribution in [-0.2, 0) is 13.0 Å². The number of aromatic amines is 2. The molecule has 5 nitrogen and oxygen atoms in total. The maximum atomic E-state index is 5.64. The van der Waals surface area contributed by atoms with E-state index in [0.717, 1.165) is 31.0 Å². The Kier molecular flexibility index (Phi) is 4.37. The van der Waals surface area contributed by atoms with Gasteiger partial charge >= 0.3 is 0 Å². The van der Waals surface area contributed by atoms with E-state index in [2.05, 4.69) is 74.7 Å². The SMILES string of the molecule is CCOc1ccc([C@H]2c3[nH]c4ccccc4c3CCN2Cc2ccn[nH]2)cc1. The summed E-state index contributed by atoms with van der Waals surface area (Å²) in [4.78, 5) is 6.23. The maximum Gasteiger partial charge on any atom is 0.119 e. The predicted octanol–water partition coefficient (Wildman–Crippen LogP) is 4.44. The van der Waals surface area contributed by atoms with E-state index in [9.17, 15) is 0 Å². The lowest BCUT2D eigenvalue weighted by Crippen LogP contribution is -2.35. The van der Waals surface area contributed by atoms with Crippen LogP contribution in [0.5, 0.6) is 5.75 Å². The van der Waals surface area contributed by atoms with E-state index in [1.165, 1.54) is 27.7 Å². The Morgan fingerprint density at radius 3 is 2.75 bits per heavy atom. The average Bonchev–Trinajstić information content (AvgIpc) is 3.36. The lowest BCUT2D eigenvalue weighted by atomic mass is 9.92. The molecule has 2 aromatic carbocycles. The first-order chi connectivity index (χ1) is 13.8. The summed E-state index contributed by atoms with van der Waals surface area (Å²) in [7, 11) is 0. The summed E-state index contributed by atoms with van der Waals surface area (Å²) in [6.07, 6.45) is 2.86. The molecule has 28 heavy (non-hydrogen) atoms. The molecule has 0 fully saturated rings. The summed E-state index contributed by atoms with van der Waals surface area (Å²) in [5, 5.41) is 8.57. The minimum Gasteiger partial charge on any atom is -0.494 e. The van der Waals surface area contributed by atoms with Crippen LogP contribution in [-0.4, -0.2) is 33.2 Å². The van der Waals surface area contributed by atoms with Crippen molar-refractivity contribution in [2.45, 2.75) is 25.9 Å². The Labute approximate surface area is 164 Å². The third-order valence-corrected chi connectivity index (χ3v) is 5.57. The van der Waals surface area contributed by atoms with Crippen LogP contribution in [0.2, 0.25) is 0 Å². The number of fused-ring (bicyclic) bond motifs is 3. The van der Waals surface area contributed by atoms with Crippen LogP contribution in [0.3, 0.4) is 0 Å². The highest BCUT2D eigenvalue weighted by atomic mass is 16.5. The van der Waals surface area contributed by atoms with Gasteiger partial charge in [0.15, 0.2) is 0 Å². The van der Waals surface area contributed by atoms with Crippen LogP contribution in [0.15, 0.2) is 60.8 Å². The lowest BCUT2D eigenvalue weighted by Gasteiger charge is -2.36. The van der Waals surface area contributed by atoms with Crippen LogP contribution in [0.4, 0.5) is 0 Å². The van der Waals surface area contributed by atoms with E-state index in [4.69, 9.17) is 4.74 Å². The van der Waals surface area contributed by atoms with Gasteiger partial charge in [-0.05, 0) is 48.7 Å². The molecule has 0 bridgehead atoms. The maximum absolute atomic E-state index is 5.64. The van der Waals surface area contributed by atoms with Crippen LogP contribution in [0.1, 0.15) is 35.5 Å². The summed E-state index contributed by atoms with van der Waals surface area (Å²) >= 11 is 0. The number of rotatable bonds is 5. The van der Waals surface area contributed by atoms with Crippen LogP contribution in [0.25, 0.3) is 10.9 Å². The molecule has 0 radical (unpaired) electrons. The molecule has 0 spiro atoms. The number of benzene rings is 2. The molecule has 0 unspecified atom stereocenters. The standard InChI is InChI=1S/C23H24N4O/c1-2-28-18-9-7-16(8-10-18)23-22-20(19-5-3-4-6-21(19)25-22)12-14-27(23)15-17-11-13-24-26-17/h3-11,13,23,25H,2,12,14-15H2,1H3,(H,24,26)/t23-/m0/s1. The summed E-state index contributed by atoms with van der Waals surface area (Å²) in [5.74, 6) is 0.916. The van der Waals surface area contributed by atoms with E-state index < -0.39 is 0 Å². The lowest BCUT2D eigenvalue weighted by molar-refractivity contribution is 0.199. The Bertz CT molecular complexity index is 1070. The molecule has 0 saturated heterocycles. The fraction of sp³-hybridized carbons (Fsp3) is 0.261. The van der Waals surface area contributed by atoms with Crippen LogP contribution >= 0.6 is 0 Å². The van der Waals surface area contributed by atoms with Crippen LogP contribution in [0, 0.1) is 0 Å². The highest BCUT2D eigenvalue weighted by Crippen LogP contribution is 2.39. The van der Waals surface area contributed by atoms with E-state index >= 15 is 0 Å². The second-order valence-electron chi connectivity index (χ2n) is 7.27. The minimum atomic E-state index is 0.176. The second-order valence-corrected chi connectivity index (χ2v) is 7.27. The zero-order valence-corrected chi connectivity index (χ0v) is 16.0. The predicted molar refractivity (Wildman–Crippen MR) is 110 cm³/mol. The Morgan fingerprint density at radius 1 is 1.11 bits per heavy atom. The number of H-pyrrole nitrogens is 2. The van der Waals surface area contributed by atoms with Crippen molar-refractivity contribution in [1.82, 2.24) is 20.1 Å². The Hall–Kier alpha value is -3.05. The van der Waals surface area contributed by atoms with Gasteiger partial charge in [0.2, 0.25) is 0 Å². The van der Waals surface area contributed by atoms with Gasteiger partial charge in [-0.1, -0.05) is 30.3 Å². The van der Waals surface area contributed by atoms with E-state index in [-0.39, 0.29) is 6.04 Å². The van der Waals surface area contributed by atoms with Crippen molar-refractivity contribution in [2.75, 3.05) is 13.2 Å². The van der Waals surface area contributed by atoms with Crippen molar-refractivity contribution < 1.29 is 4.74 Å². The van der Waals surface area contributed by atoms with Gasteiger partial charge in [0, 0.05) is 41.6 Å². The zero-order chi connectivity index (χ0) is 18.9. The van der Waals surface area contributed by atoms with Gasteiger partial charge in [0.05, 0.1) is 12.6 Å². The molecule has 2 aromatic heterocycles. The summed E-state index contributed by atoms with van der Waals surface area (Å²) in [6, 6.07) is 19.4. The molecule has 3 heterocycles. The van der Waals surface area contributed by atoms with E-state index in [1.807, 2.05) is 13.1 Å². The third kappa shape index (κ3) is 2.98. The van der Waals surface area contributed by atoms with Crippen molar-refractivity contribution >= 4 is 10.9 Å². The molecule has 0 amide bonds. The largest absolute Gasteiger partial charge is 0.494 e. The summed E-state index contributed by atoms with van der Waals surface area (Å²) < 4.78 is 5.64. The zero-order valence-electron chi connectivity index (χ0n) is 16.0. The van der Waals surface area contributed by atoms with Crippen LogP contribution < -0.4 is 4.74 Å². The van der Waals surface area contributed by atoms with Gasteiger partial charge in [0.1, 0.15) is 5.75 Å². The highest BCUT2D eigenvalue weighted by Gasteiger charge is 2.31. The highest BCUT2D eigenvalue weighted by molar-refractivity contribution is 5.85. The van der Waals surface area contributed by atoms with Crippen molar-refractivity contribution in [2.24, 2.45) is 0 Å². The van der Waals surface area contributed by atoms with Gasteiger partial charge in [-0.25, -0.2) is 0 Å². The molecular weight excluding hydrogens is 348 g/mol. The van der Waals surface area contributed by atoms with E-state index in [1.54, 1.807) is 0 Å². The van der Waals surface area contributed by atoms with Crippen molar-refractivity contribution in [3.05, 3.63) is 83.3 Å². The number of hydrogen-bond donors (Lipinski definition) is 2. The van der Waals surface area contributed by atoms with Gasteiger partial charge in [-0.15, -0.1) is 0 Å². The first kappa shape index (κ1) is 17.1. The van der Waals surface area contributed by atoms with Crippen molar-refractivity contribution in [1.29, 1.82) is 0 Å². The number of ether oxygens (including phenoxy) is 1. The molecule has 5 rings (SSSR count). The number of nitrogens with one attached hydrogen (secondary N) is 2. The smallest absolute Gasteiger partial charge is 0.119 e. The molecule has 1 atom stereocenters. The second kappa shape index (κ2) is 7.17. The number of nitrogens with zero attached hydrogens (tertiary/aromatic N) is 2. The van der Waals surface area contributed by atoms with Gasteiger partial charge < -0.3 is 9.72 Å². The quantitative estimate of drug-likeness (QED) is 0.545. The first-order valence-corrected chi connectivity index (χ1v) is 9.88. The minimum absolute atomic E-state index is 0.176. The Morgan fingerprint density at radius 2 is 1.96 bits per heavy atom. The normalized spacial score (nSPS) is 17.0. The first-order valence-electron chi connectivity index (χ1n) is 9.88. The molecular formula is C23H24N4O. The number of hydrogen-bond acceptors (Lipinski definition) is 3. The Balaban J connectivity index is 1.59. The molecule has 0 aliphatic carbocycles. The van der Waals surface area contributed by atoms with Gasteiger partial charge in [-0.2, -0.15) is 5.10 Å². The topological polar surface area (TPSA) is 56.9 Å². The fourth-order valence-corrected chi connectivity index (χ4v) is 4.34. The molecule has 142 valence electrons. The summed E-state index contributed by atoms with van der Waals surface area (Å²) in [5.41, 5.74) is 6.37. The summed E-state index contributed by atoms with van der Waals surface area (Å²) in [6.45, 7) is 4.54. The third-order valence-electron chi connectivity index (χ3n) is 5.57. The monoisotopic (exact) mass is 372 g/mol. The molecule has 2 N–H and O–H groups in total. The van der Waals surface area contributed by atoms with Crippen molar-refractivity contribution in [3.8, 4) is 5.75 Å². The number of aromatic nitrogens is 3. The van der Waals surface area contributed by atoms with Gasteiger partial charge in [-0.3, -0.25) is 10.00 Å². The molecule has 5 heteroatoms. The van der Waals surface area contributed by atoms with E-state index in [0.29, 0.717) is 6.61 Å².